The Morgan fingerprint density at radius 2 is 1.94 bits per heavy atom. The van der Waals surface area contributed by atoms with Crippen molar-refractivity contribution >= 4 is 22.8 Å². The number of carbonyl (C=O) groups is 1. The van der Waals surface area contributed by atoms with Crippen molar-refractivity contribution in [1.29, 1.82) is 0 Å². The highest BCUT2D eigenvalue weighted by Crippen LogP contribution is 2.33. The van der Waals surface area contributed by atoms with Gasteiger partial charge in [-0.25, -0.2) is 4.98 Å². The van der Waals surface area contributed by atoms with Gasteiger partial charge in [-0.2, -0.15) is 0 Å². The molecule has 1 aromatic rings. The van der Waals surface area contributed by atoms with Gasteiger partial charge in [-0.15, -0.1) is 0 Å². The van der Waals surface area contributed by atoms with E-state index in [1.165, 1.54) is 6.42 Å². The van der Waals surface area contributed by atoms with Crippen molar-refractivity contribution in [3.8, 4) is 0 Å². The van der Waals surface area contributed by atoms with E-state index >= 15 is 0 Å². The lowest BCUT2D eigenvalue weighted by molar-refractivity contribution is 0.112. The summed E-state index contributed by atoms with van der Waals surface area (Å²) in [4.78, 5) is 18.9. The van der Waals surface area contributed by atoms with Gasteiger partial charge in [0.25, 0.3) is 0 Å². The van der Waals surface area contributed by atoms with Gasteiger partial charge in [-0.3, -0.25) is 4.79 Å². The smallest absolute Gasteiger partial charge is 0.186 e. The van der Waals surface area contributed by atoms with Crippen LogP contribution in [0.2, 0.25) is 0 Å². The van der Waals surface area contributed by atoms with Crippen LogP contribution in [0.3, 0.4) is 0 Å². The first-order chi connectivity index (χ1) is 8.51. The zero-order valence-corrected chi connectivity index (χ0v) is 12.5. The number of hydrogen-bond acceptors (Lipinski definition) is 4. The van der Waals surface area contributed by atoms with Crippen molar-refractivity contribution in [2.24, 2.45) is 11.8 Å². The van der Waals surface area contributed by atoms with Crippen LogP contribution in [0.15, 0.2) is 0 Å². The Balaban J connectivity index is 2.25. The highest BCUT2D eigenvalue weighted by Gasteiger charge is 2.25. The van der Waals surface area contributed by atoms with Crippen molar-refractivity contribution < 1.29 is 4.79 Å². The predicted octanol–water partition coefficient (Wildman–Crippen LogP) is 3.56. The molecule has 1 aliphatic rings. The van der Waals surface area contributed by atoms with Crippen LogP contribution in [-0.4, -0.2) is 24.4 Å². The van der Waals surface area contributed by atoms with Crippen molar-refractivity contribution in [2.75, 3.05) is 18.0 Å². The molecule has 1 aliphatic heterocycles. The minimum Gasteiger partial charge on any atom is -0.348 e. The van der Waals surface area contributed by atoms with Gasteiger partial charge < -0.3 is 4.90 Å². The van der Waals surface area contributed by atoms with Crippen molar-refractivity contribution in [3.63, 3.8) is 0 Å². The number of aldehydes is 1. The van der Waals surface area contributed by atoms with E-state index in [0.29, 0.717) is 17.8 Å². The van der Waals surface area contributed by atoms with Crippen LogP contribution < -0.4 is 4.90 Å². The van der Waals surface area contributed by atoms with Crippen LogP contribution >= 0.6 is 11.3 Å². The average Bonchev–Trinajstić information content (AvgIpc) is 2.71. The number of anilines is 1. The quantitative estimate of drug-likeness (QED) is 0.784. The molecule has 0 bridgehead atoms. The maximum Gasteiger partial charge on any atom is 0.186 e. The standard InChI is InChI=1S/C14H22N2OS/c1-9(2)13-12(8-17)18-14(15-13)16-6-10(3)5-11(4)7-16/h8-11H,5-7H2,1-4H3. The highest BCUT2D eigenvalue weighted by atomic mass is 32.1. The van der Waals surface area contributed by atoms with Crippen molar-refractivity contribution in [2.45, 2.75) is 40.0 Å². The average molecular weight is 266 g/mol. The molecule has 100 valence electrons. The van der Waals surface area contributed by atoms with E-state index in [0.717, 1.165) is 35.1 Å². The predicted molar refractivity (Wildman–Crippen MR) is 76.7 cm³/mol. The number of rotatable bonds is 3. The lowest BCUT2D eigenvalue weighted by Crippen LogP contribution is -2.38. The lowest BCUT2D eigenvalue weighted by atomic mass is 9.92. The molecule has 2 heterocycles. The number of carbonyl (C=O) groups excluding carboxylic acids is 1. The van der Waals surface area contributed by atoms with Gasteiger partial charge in [-0.1, -0.05) is 39.0 Å². The summed E-state index contributed by atoms with van der Waals surface area (Å²) in [5, 5.41) is 1.03. The molecule has 0 aliphatic carbocycles. The molecular formula is C14H22N2OS. The molecule has 0 spiro atoms. The van der Waals surface area contributed by atoms with E-state index in [1.54, 1.807) is 11.3 Å². The molecule has 18 heavy (non-hydrogen) atoms. The summed E-state index contributed by atoms with van der Waals surface area (Å²) < 4.78 is 0. The SMILES string of the molecule is CC1CC(C)CN(c2nc(C(C)C)c(C=O)s2)C1. The fourth-order valence-electron chi connectivity index (χ4n) is 2.78. The number of thiazole rings is 1. The highest BCUT2D eigenvalue weighted by molar-refractivity contribution is 7.17. The van der Waals surface area contributed by atoms with Crippen LogP contribution in [0.25, 0.3) is 0 Å². The van der Waals surface area contributed by atoms with E-state index in [4.69, 9.17) is 0 Å². The maximum atomic E-state index is 11.1. The molecule has 0 radical (unpaired) electrons. The zero-order chi connectivity index (χ0) is 13.3. The molecule has 1 saturated heterocycles. The van der Waals surface area contributed by atoms with Gasteiger partial charge in [0, 0.05) is 13.1 Å². The summed E-state index contributed by atoms with van der Waals surface area (Å²) in [6, 6.07) is 0. The summed E-state index contributed by atoms with van der Waals surface area (Å²) in [5.74, 6) is 1.73. The van der Waals surface area contributed by atoms with E-state index in [2.05, 4.69) is 37.6 Å². The monoisotopic (exact) mass is 266 g/mol. The fourth-order valence-corrected chi connectivity index (χ4v) is 3.84. The second-order valence-electron chi connectivity index (χ2n) is 5.87. The first-order valence-electron chi connectivity index (χ1n) is 6.72. The molecular weight excluding hydrogens is 244 g/mol. The minimum atomic E-state index is 0.315. The second-order valence-corrected chi connectivity index (χ2v) is 6.88. The van der Waals surface area contributed by atoms with Crippen LogP contribution in [-0.2, 0) is 0 Å². The molecule has 3 nitrogen and oxygen atoms in total. The Kier molecular flexibility index (Phi) is 4.05. The Morgan fingerprint density at radius 1 is 1.33 bits per heavy atom. The molecule has 4 heteroatoms. The Morgan fingerprint density at radius 3 is 2.39 bits per heavy atom. The van der Waals surface area contributed by atoms with Gasteiger partial charge in [0.15, 0.2) is 11.4 Å². The van der Waals surface area contributed by atoms with E-state index < -0.39 is 0 Å². The first-order valence-corrected chi connectivity index (χ1v) is 7.53. The summed E-state index contributed by atoms with van der Waals surface area (Å²) in [5.41, 5.74) is 0.955. The fraction of sp³-hybridized carbons (Fsp3) is 0.714. The molecule has 0 aromatic carbocycles. The van der Waals surface area contributed by atoms with E-state index in [1.807, 2.05) is 0 Å². The van der Waals surface area contributed by atoms with Crippen LogP contribution in [0, 0.1) is 11.8 Å². The third kappa shape index (κ3) is 2.74. The Bertz CT molecular complexity index is 417. The maximum absolute atomic E-state index is 11.1. The van der Waals surface area contributed by atoms with Crippen molar-refractivity contribution in [3.05, 3.63) is 10.6 Å². The molecule has 2 rings (SSSR count). The topological polar surface area (TPSA) is 33.2 Å². The van der Waals surface area contributed by atoms with Gasteiger partial charge in [0.05, 0.1) is 10.6 Å². The number of piperidine rings is 1. The Labute approximate surface area is 113 Å². The summed E-state index contributed by atoms with van der Waals surface area (Å²) >= 11 is 1.55. The van der Waals surface area contributed by atoms with E-state index in [9.17, 15) is 4.79 Å². The van der Waals surface area contributed by atoms with Crippen LogP contribution in [0.1, 0.15) is 55.4 Å². The molecule has 0 saturated carbocycles. The molecule has 2 unspecified atom stereocenters. The molecule has 2 atom stereocenters. The van der Waals surface area contributed by atoms with Crippen molar-refractivity contribution in [1.82, 2.24) is 4.98 Å². The van der Waals surface area contributed by atoms with E-state index in [-0.39, 0.29) is 0 Å². The summed E-state index contributed by atoms with van der Waals surface area (Å²) in [7, 11) is 0. The summed E-state index contributed by atoms with van der Waals surface area (Å²) in [6.45, 7) is 10.9. The minimum absolute atomic E-state index is 0.315. The number of aromatic nitrogens is 1. The number of hydrogen-bond donors (Lipinski definition) is 0. The van der Waals surface area contributed by atoms with Gasteiger partial charge in [0.2, 0.25) is 0 Å². The van der Waals surface area contributed by atoms with Gasteiger partial charge >= 0.3 is 0 Å². The third-order valence-corrected chi connectivity index (χ3v) is 4.52. The molecule has 1 fully saturated rings. The second kappa shape index (κ2) is 5.39. The normalized spacial score (nSPS) is 24.6. The number of nitrogens with zero attached hydrogens (tertiary/aromatic N) is 2. The van der Waals surface area contributed by atoms with Gasteiger partial charge in [0.1, 0.15) is 0 Å². The third-order valence-electron chi connectivity index (χ3n) is 3.46. The van der Waals surface area contributed by atoms with Crippen LogP contribution in [0.4, 0.5) is 5.13 Å². The summed E-state index contributed by atoms with van der Waals surface area (Å²) in [6.07, 6.45) is 2.24. The zero-order valence-electron chi connectivity index (χ0n) is 11.6. The molecule has 1 aromatic heterocycles. The molecule has 0 N–H and O–H groups in total. The lowest BCUT2D eigenvalue weighted by Gasteiger charge is -2.34. The van der Waals surface area contributed by atoms with Gasteiger partial charge in [-0.05, 0) is 24.2 Å². The molecule has 0 amide bonds. The Hall–Kier alpha value is -0.900. The first kappa shape index (κ1) is 13.5. The largest absolute Gasteiger partial charge is 0.348 e. The van der Waals surface area contributed by atoms with Crippen LogP contribution in [0.5, 0.6) is 0 Å².